The third kappa shape index (κ3) is 3.29. The minimum atomic E-state index is 0.273. The number of hydrazine groups is 1. The summed E-state index contributed by atoms with van der Waals surface area (Å²) < 4.78 is 6.72. The molecule has 0 bridgehead atoms. The molecule has 0 radical (unpaired) electrons. The minimum Gasteiger partial charge on any atom is -0.382 e. The lowest BCUT2D eigenvalue weighted by atomic mass is 10.0. The van der Waals surface area contributed by atoms with Crippen molar-refractivity contribution in [3.63, 3.8) is 0 Å². The number of nitrogens with two attached hydrogens (primary N) is 1. The maximum atomic E-state index is 5.61. The molecule has 1 aromatic heterocycles. The Hall–Kier alpha value is -0.940. The number of ether oxygens (including phenoxy) is 1. The first-order chi connectivity index (χ1) is 8.85. The molecule has 1 atom stereocenters. The third-order valence-corrected chi connectivity index (χ3v) is 4.09. The van der Waals surface area contributed by atoms with Crippen LogP contribution in [0.15, 0.2) is 29.6 Å². The number of fused-ring (bicyclic) bond motifs is 1. The second kappa shape index (κ2) is 6.85. The number of nitrogens with one attached hydrogen (secondary N) is 1. The van der Waals surface area contributed by atoms with Gasteiger partial charge in [-0.15, -0.1) is 11.3 Å². The second-order valence-corrected chi connectivity index (χ2v) is 5.22. The van der Waals surface area contributed by atoms with Crippen LogP contribution < -0.4 is 11.3 Å². The van der Waals surface area contributed by atoms with Crippen molar-refractivity contribution in [2.75, 3.05) is 13.2 Å². The van der Waals surface area contributed by atoms with Crippen LogP contribution in [0.25, 0.3) is 10.1 Å². The zero-order valence-electron chi connectivity index (χ0n) is 10.7. The SMILES string of the molecule is CCOCCC(Cc1csc2ccccc12)NN. The van der Waals surface area contributed by atoms with E-state index in [0.717, 1.165) is 26.1 Å². The van der Waals surface area contributed by atoms with Crippen LogP contribution in [0.3, 0.4) is 0 Å². The summed E-state index contributed by atoms with van der Waals surface area (Å²) in [5.74, 6) is 5.61. The molecule has 2 aromatic rings. The van der Waals surface area contributed by atoms with E-state index >= 15 is 0 Å². The van der Waals surface area contributed by atoms with Crippen LogP contribution >= 0.6 is 11.3 Å². The third-order valence-electron chi connectivity index (χ3n) is 3.08. The van der Waals surface area contributed by atoms with E-state index in [2.05, 4.69) is 35.1 Å². The zero-order chi connectivity index (χ0) is 12.8. The Balaban J connectivity index is 2.02. The normalized spacial score (nSPS) is 13.0. The van der Waals surface area contributed by atoms with Crippen molar-refractivity contribution in [1.29, 1.82) is 0 Å². The first-order valence-electron chi connectivity index (χ1n) is 6.34. The van der Waals surface area contributed by atoms with Gasteiger partial charge >= 0.3 is 0 Å². The van der Waals surface area contributed by atoms with Gasteiger partial charge in [-0.1, -0.05) is 18.2 Å². The molecule has 1 unspecified atom stereocenters. The molecular weight excluding hydrogens is 244 g/mol. The van der Waals surface area contributed by atoms with Crippen molar-refractivity contribution in [1.82, 2.24) is 5.43 Å². The van der Waals surface area contributed by atoms with Gasteiger partial charge in [0.1, 0.15) is 0 Å². The first-order valence-corrected chi connectivity index (χ1v) is 7.22. The summed E-state index contributed by atoms with van der Waals surface area (Å²) in [5.41, 5.74) is 4.26. The van der Waals surface area contributed by atoms with E-state index in [1.807, 2.05) is 6.92 Å². The Bertz CT molecular complexity index is 483. The average molecular weight is 264 g/mol. The Morgan fingerprint density at radius 2 is 2.22 bits per heavy atom. The molecule has 0 spiro atoms. The van der Waals surface area contributed by atoms with Gasteiger partial charge in [0.25, 0.3) is 0 Å². The van der Waals surface area contributed by atoms with Crippen LogP contribution in [0.5, 0.6) is 0 Å². The maximum absolute atomic E-state index is 5.61. The van der Waals surface area contributed by atoms with Gasteiger partial charge in [0.05, 0.1) is 0 Å². The Labute approximate surface area is 112 Å². The summed E-state index contributed by atoms with van der Waals surface area (Å²) in [6, 6.07) is 8.78. The van der Waals surface area contributed by atoms with Crippen LogP contribution in [-0.2, 0) is 11.2 Å². The van der Waals surface area contributed by atoms with Gasteiger partial charge < -0.3 is 4.74 Å². The molecule has 0 fully saturated rings. The van der Waals surface area contributed by atoms with E-state index < -0.39 is 0 Å². The Kier molecular flexibility index (Phi) is 5.13. The van der Waals surface area contributed by atoms with Gasteiger partial charge in [-0.05, 0) is 42.2 Å². The quantitative estimate of drug-likeness (QED) is 0.459. The summed E-state index contributed by atoms with van der Waals surface area (Å²) >= 11 is 1.79. The Morgan fingerprint density at radius 3 is 3.00 bits per heavy atom. The molecule has 98 valence electrons. The van der Waals surface area contributed by atoms with Crippen molar-refractivity contribution < 1.29 is 4.74 Å². The van der Waals surface area contributed by atoms with E-state index in [1.54, 1.807) is 11.3 Å². The number of hydrogen-bond donors (Lipinski definition) is 2. The van der Waals surface area contributed by atoms with Crippen molar-refractivity contribution in [3.8, 4) is 0 Å². The highest BCUT2D eigenvalue weighted by Crippen LogP contribution is 2.26. The molecule has 0 saturated heterocycles. The number of benzene rings is 1. The van der Waals surface area contributed by atoms with E-state index in [1.165, 1.54) is 15.6 Å². The average Bonchev–Trinajstić information content (AvgIpc) is 2.81. The van der Waals surface area contributed by atoms with E-state index in [0.29, 0.717) is 0 Å². The van der Waals surface area contributed by atoms with Gasteiger partial charge in [-0.2, -0.15) is 0 Å². The first kappa shape index (κ1) is 13.5. The molecule has 0 saturated carbocycles. The van der Waals surface area contributed by atoms with Crippen LogP contribution in [0.1, 0.15) is 18.9 Å². The van der Waals surface area contributed by atoms with E-state index in [9.17, 15) is 0 Å². The Morgan fingerprint density at radius 1 is 1.39 bits per heavy atom. The molecule has 1 heterocycles. The second-order valence-electron chi connectivity index (χ2n) is 4.31. The highest BCUT2D eigenvalue weighted by atomic mass is 32.1. The largest absolute Gasteiger partial charge is 0.382 e. The lowest BCUT2D eigenvalue weighted by Gasteiger charge is -2.15. The fourth-order valence-electron chi connectivity index (χ4n) is 2.07. The van der Waals surface area contributed by atoms with Crippen molar-refractivity contribution in [2.45, 2.75) is 25.8 Å². The monoisotopic (exact) mass is 264 g/mol. The van der Waals surface area contributed by atoms with Crippen molar-refractivity contribution >= 4 is 21.4 Å². The molecule has 2 rings (SSSR count). The van der Waals surface area contributed by atoms with Crippen LogP contribution in [0.2, 0.25) is 0 Å². The van der Waals surface area contributed by atoms with E-state index in [4.69, 9.17) is 10.6 Å². The summed E-state index contributed by atoms with van der Waals surface area (Å²) in [6.45, 7) is 3.53. The molecule has 0 aliphatic heterocycles. The van der Waals surface area contributed by atoms with Crippen LogP contribution in [0, 0.1) is 0 Å². The highest BCUT2D eigenvalue weighted by molar-refractivity contribution is 7.17. The lowest BCUT2D eigenvalue weighted by Crippen LogP contribution is -2.37. The molecule has 0 amide bonds. The summed E-state index contributed by atoms with van der Waals surface area (Å²) in [7, 11) is 0. The summed E-state index contributed by atoms with van der Waals surface area (Å²) in [4.78, 5) is 0. The van der Waals surface area contributed by atoms with Gasteiger partial charge in [0, 0.05) is 24.0 Å². The van der Waals surface area contributed by atoms with Gasteiger partial charge in [0.15, 0.2) is 0 Å². The fourth-order valence-corrected chi connectivity index (χ4v) is 3.05. The minimum absolute atomic E-state index is 0.273. The van der Waals surface area contributed by atoms with Gasteiger partial charge in [0.2, 0.25) is 0 Å². The standard InChI is InChI=1S/C14H20N2OS/c1-2-17-8-7-12(16-15)9-11-10-18-14-6-4-3-5-13(11)14/h3-6,10,12,16H,2,7-9,15H2,1H3. The highest BCUT2D eigenvalue weighted by Gasteiger charge is 2.11. The molecule has 4 heteroatoms. The van der Waals surface area contributed by atoms with E-state index in [-0.39, 0.29) is 6.04 Å². The maximum Gasteiger partial charge on any atom is 0.0481 e. The molecule has 3 nitrogen and oxygen atoms in total. The van der Waals surface area contributed by atoms with Crippen LogP contribution in [-0.4, -0.2) is 19.3 Å². The van der Waals surface area contributed by atoms with Crippen molar-refractivity contribution in [3.05, 3.63) is 35.2 Å². The molecule has 3 N–H and O–H groups in total. The van der Waals surface area contributed by atoms with Crippen LogP contribution in [0.4, 0.5) is 0 Å². The predicted molar refractivity (Wildman–Crippen MR) is 77.8 cm³/mol. The molecule has 0 aliphatic carbocycles. The smallest absolute Gasteiger partial charge is 0.0481 e. The molecular formula is C14H20N2OS. The summed E-state index contributed by atoms with van der Waals surface area (Å²) in [5, 5.41) is 3.58. The van der Waals surface area contributed by atoms with Gasteiger partial charge in [-0.3, -0.25) is 11.3 Å². The summed E-state index contributed by atoms with van der Waals surface area (Å²) in [6.07, 6.45) is 1.89. The molecule has 0 aliphatic rings. The topological polar surface area (TPSA) is 47.3 Å². The lowest BCUT2D eigenvalue weighted by molar-refractivity contribution is 0.136. The fraction of sp³-hybridized carbons (Fsp3) is 0.429. The number of hydrogen-bond acceptors (Lipinski definition) is 4. The van der Waals surface area contributed by atoms with Gasteiger partial charge in [-0.25, -0.2) is 0 Å². The number of thiophene rings is 1. The van der Waals surface area contributed by atoms with Crippen molar-refractivity contribution in [2.24, 2.45) is 5.84 Å². The molecule has 18 heavy (non-hydrogen) atoms. The zero-order valence-corrected chi connectivity index (χ0v) is 11.5. The number of rotatable bonds is 7. The predicted octanol–water partition coefficient (Wildman–Crippen LogP) is 2.70. The molecule has 1 aromatic carbocycles.